The molecule has 2 atom stereocenters. The average molecular weight is 377 g/mol. The van der Waals surface area contributed by atoms with Crippen molar-refractivity contribution in [1.29, 1.82) is 0 Å². The first kappa shape index (κ1) is 14.5. The van der Waals surface area contributed by atoms with Gasteiger partial charge in [0.1, 0.15) is 0 Å². The highest BCUT2D eigenvalue weighted by molar-refractivity contribution is 9.11. The number of halogens is 2. The number of rotatable bonds is 5. The molecule has 1 heterocycles. The summed E-state index contributed by atoms with van der Waals surface area (Å²) in [6.45, 7) is 5.15. The molecule has 0 amide bonds. The topological polar surface area (TPSA) is 21.3 Å². The molecule has 2 nitrogen and oxygen atoms in total. The van der Waals surface area contributed by atoms with Crippen LogP contribution in [-0.4, -0.2) is 19.8 Å². The van der Waals surface area contributed by atoms with E-state index in [1.54, 1.807) is 0 Å². The zero-order chi connectivity index (χ0) is 13.0. The fourth-order valence-electron chi connectivity index (χ4n) is 2.28. The first-order valence-electron chi connectivity index (χ1n) is 6.43. The fourth-order valence-corrected chi connectivity index (χ4v) is 3.67. The van der Waals surface area contributed by atoms with Crippen molar-refractivity contribution in [3.63, 3.8) is 0 Å². The molecule has 1 aliphatic heterocycles. The van der Waals surface area contributed by atoms with E-state index < -0.39 is 0 Å². The summed E-state index contributed by atoms with van der Waals surface area (Å²) in [5.41, 5.74) is 1.31. The second kappa shape index (κ2) is 7.04. The van der Waals surface area contributed by atoms with Crippen LogP contribution in [0.25, 0.3) is 0 Å². The van der Waals surface area contributed by atoms with E-state index in [-0.39, 0.29) is 0 Å². The summed E-state index contributed by atoms with van der Waals surface area (Å²) in [5.74, 6) is 0.748. The third-order valence-corrected chi connectivity index (χ3v) is 4.64. The summed E-state index contributed by atoms with van der Waals surface area (Å²) in [6, 6.07) is 6.71. The zero-order valence-corrected chi connectivity index (χ0v) is 13.8. The molecule has 1 aromatic carbocycles. The summed E-state index contributed by atoms with van der Waals surface area (Å²) >= 11 is 7.09. The third-order valence-electron chi connectivity index (χ3n) is 3.46. The maximum absolute atomic E-state index is 5.39. The summed E-state index contributed by atoms with van der Waals surface area (Å²) in [4.78, 5) is 0. The molecule has 0 spiro atoms. The van der Waals surface area contributed by atoms with Gasteiger partial charge in [-0.2, -0.15) is 0 Å². The van der Waals surface area contributed by atoms with Crippen molar-refractivity contribution in [2.24, 2.45) is 5.92 Å². The number of hydrogen-bond donors (Lipinski definition) is 1. The van der Waals surface area contributed by atoms with Gasteiger partial charge in [-0.1, -0.05) is 37.9 Å². The molecular formula is C14H19Br2NO. The standard InChI is InChI=1S/C14H19Br2NO/c1-10(13-3-2-12(15)8-14(13)16)17-6-4-11-5-7-18-9-11/h2-3,8,10-11,17H,4-7,9H2,1H3. The molecule has 0 aliphatic carbocycles. The Hall–Kier alpha value is 0.1000. The van der Waals surface area contributed by atoms with Crippen LogP contribution in [0.2, 0.25) is 0 Å². The summed E-state index contributed by atoms with van der Waals surface area (Å²) in [5, 5.41) is 3.59. The molecule has 2 rings (SSSR count). The molecule has 2 unspecified atom stereocenters. The van der Waals surface area contributed by atoms with Crippen LogP contribution < -0.4 is 5.32 Å². The third kappa shape index (κ3) is 4.05. The van der Waals surface area contributed by atoms with Gasteiger partial charge in [0.25, 0.3) is 0 Å². The van der Waals surface area contributed by atoms with E-state index in [4.69, 9.17) is 4.74 Å². The van der Waals surface area contributed by atoms with Crippen LogP contribution in [0.4, 0.5) is 0 Å². The van der Waals surface area contributed by atoms with Gasteiger partial charge in [0, 0.05) is 28.2 Å². The minimum absolute atomic E-state index is 0.370. The smallest absolute Gasteiger partial charge is 0.0495 e. The van der Waals surface area contributed by atoms with Crippen LogP contribution in [0.1, 0.15) is 31.4 Å². The summed E-state index contributed by atoms with van der Waals surface area (Å²) in [6.07, 6.45) is 2.43. The van der Waals surface area contributed by atoms with Crippen molar-refractivity contribution in [1.82, 2.24) is 5.32 Å². The van der Waals surface area contributed by atoms with Crippen LogP contribution in [-0.2, 0) is 4.74 Å². The Bertz CT molecular complexity index is 391. The van der Waals surface area contributed by atoms with Gasteiger partial charge in [0.05, 0.1) is 0 Å². The average Bonchev–Trinajstić information content (AvgIpc) is 2.81. The number of benzene rings is 1. The number of nitrogens with one attached hydrogen (secondary N) is 1. The predicted octanol–water partition coefficient (Wildman–Crippen LogP) is 4.29. The van der Waals surface area contributed by atoms with Gasteiger partial charge in [0.15, 0.2) is 0 Å². The van der Waals surface area contributed by atoms with Crippen molar-refractivity contribution in [2.75, 3.05) is 19.8 Å². The van der Waals surface area contributed by atoms with Crippen LogP contribution in [0.15, 0.2) is 27.1 Å². The molecule has 100 valence electrons. The van der Waals surface area contributed by atoms with Gasteiger partial charge in [-0.3, -0.25) is 0 Å². The molecule has 1 saturated heterocycles. The Balaban J connectivity index is 1.81. The van der Waals surface area contributed by atoms with Crippen molar-refractivity contribution in [3.8, 4) is 0 Å². The van der Waals surface area contributed by atoms with Gasteiger partial charge in [-0.25, -0.2) is 0 Å². The van der Waals surface area contributed by atoms with Crippen LogP contribution in [0.3, 0.4) is 0 Å². The van der Waals surface area contributed by atoms with Crippen molar-refractivity contribution in [2.45, 2.75) is 25.8 Å². The Morgan fingerprint density at radius 2 is 2.28 bits per heavy atom. The first-order chi connectivity index (χ1) is 8.66. The lowest BCUT2D eigenvalue weighted by molar-refractivity contribution is 0.184. The molecule has 18 heavy (non-hydrogen) atoms. The monoisotopic (exact) mass is 375 g/mol. The molecule has 0 saturated carbocycles. The fraction of sp³-hybridized carbons (Fsp3) is 0.571. The minimum Gasteiger partial charge on any atom is -0.381 e. The second-order valence-electron chi connectivity index (χ2n) is 4.86. The Labute approximate surface area is 126 Å². The molecule has 0 radical (unpaired) electrons. The maximum Gasteiger partial charge on any atom is 0.0495 e. The van der Waals surface area contributed by atoms with Crippen molar-refractivity contribution in [3.05, 3.63) is 32.7 Å². The lowest BCUT2D eigenvalue weighted by Crippen LogP contribution is -2.22. The molecule has 0 bridgehead atoms. The SMILES string of the molecule is CC(NCCC1CCOC1)c1ccc(Br)cc1Br. The first-order valence-corrected chi connectivity index (χ1v) is 8.01. The quantitative estimate of drug-likeness (QED) is 0.827. The Morgan fingerprint density at radius 1 is 1.44 bits per heavy atom. The van der Waals surface area contributed by atoms with E-state index in [1.165, 1.54) is 18.4 Å². The van der Waals surface area contributed by atoms with Gasteiger partial charge >= 0.3 is 0 Å². The highest BCUT2D eigenvalue weighted by Gasteiger charge is 2.16. The number of ether oxygens (including phenoxy) is 1. The molecule has 0 aromatic heterocycles. The van der Waals surface area contributed by atoms with E-state index in [0.29, 0.717) is 6.04 Å². The van der Waals surface area contributed by atoms with E-state index in [9.17, 15) is 0 Å². The highest BCUT2D eigenvalue weighted by atomic mass is 79.9. The molecule has 1 N–H and O–H groups in total. The molecule has 1 fully saturated rings. The predicted molar refractivity (Wildman–Crippen MR) is 81.8 cm³/mol. The van der Waals surface area contributed by atoms with Gasteiger partial charge in [-0.15, -0.1) is 0 Å². The van der Waals surface area contributed by atoms with Crippen molar-refractivity contribution < 1.29 is 4.74 Å². The van der Waals surface area contributed by atoms with E-state index >= 15 is 0 Å². The zero-order valence-electron chi connectivity index (χ0n) is 10.6. The van der Waals surface area contributed by atoms with Crippen molar-refractivity contribution >= 4 is 31.9 Å². The summed E-state index contributed by atoms with van der Waals surface area (Å²) < 4.78 is 7.65. The molecule has 1 aliphatic rings. The maximum atomic E-state index is 5.39. The Kier molecular flexibility index (Phi) is 5.67. The Morgan fingerprint density at radius 3 is 2.94 bits per heavy atom. The van der Waals surface area contributed by atoms with Gasteiger partial charge in [0.2, 0.25) is 0 Å². The van der Waals surface area contributed by atoms with Crippen LogP contribution >= 0.6 is 31.9 Å². The van der Waals surface area contributed by atoms with Gasteiger partial charge in [-0.05, 0) is 49.9 Å². The molecular weight excluding hydrogens is 358 g/mol. The second-order valence-corrected chi connectivity index (χ2v) is 6.63. The van der Waals surface area contributed by atoms with Crippen LogP contribution in [0.5, 0.6) is 0 Å². The largest absolute Gasteiger partial charge is 0.381 e. The highest BCUT2D eigenvalue weighted by Crippen LogP contribution is 2.27. The molecule has 1 aromatic rings. The van der Waals surface area contributed by atoms with Crippen LogP contribution in [0, 0.1) is 5.92 Å². The lowest BCUT2D eigenvalue weighted by atomic mass is 10.0. The lowest BCUT2D eigenvalue weighted by Gasteiger charge is -2.17. The normalized spacial score (nSPS) is 21.2. The van der Waals surface area contributed by atoms with E-state index in [2.05, 4.69) is 62.3 Å². The summed E-state index contributed by atoms with van der Waals surface area (Å²) in [7, 11) is 0. The molecule has 4 heteroatoms. The number of hydrogen-bond acceptors (Lipinski definition) is 2. The van der Waals surface area contributed by atoms with E-state index in [1.807, 2.05) is 0 Å². The van der Waals surface area contributed by atoms with Gasteiger partial charge < -0.3 is 10.1 Å². The van der Waals surface area contributed by atoms with E-state index in [0.717, 1.165) is 34.6 Å². The minimum atomic E-state index is 0.370.